The van der Waals surface area contributed by atoms with Crippen LogP contribution in [0.3, 0.4) is 0 Å². The zero-order chi connectivity index (χ0) is 13.2. The Morgan fingerprint density at radius 1 is 1.26 bits per heavy atom. The summed E-state index contributed by atoms with van der Waals surface area (Å²) in [4.78, 5) is 2.18. The van der Waals surface area contributed by atoms with Crippen molar-refractivity contribution in [2.45, 2.75) is 25.4 Å². The van der Waals surface area contributed by atoms with Crippen LogP contribution in [0.1, 0.15) is 12.0 Å². The first-order chi connectivity index (χ1) is 8.42. The normalized spacial score (nSPS) is 20.1. The molecular formula is C12H16ClF3N2O. The van der Waals surface area contributed by atoms with Crippen molar-refractivity contribution in [2.75, 3.05) is 13.1 Å². The molecule has 0 aromatic heterocycles. The highest BCUT2D eigenvalue weighted by atomic mass is 35.5. The largest absolute Gasteiger partial charge is 0.573 e. The first-order valence-electron chi connectivity index (χ1n) is 5.75. The fraction of sp³-hybridized carbons (Fsp3) is 0.500. The molecule has 108 valence electrons. The summed E-state index contributed by atoms with van der Waals surface area (Å²) < 4.78 is 39.7. The average molecular weight is 297 g/mol. The molecule has 19 heavy (non-hydrogen) atoms. The van der Waals surface area contributed by atoms with Crippen LogP contribution in [0.15, 0.2) is 24.3 Å². The number of hydrogen-bond acceptors (Lipinski definition) is 3. The Balaban J connectivity index is 0.00000180. The molecule has 0 saturated carbocycles. The molecule has 1 aliphatic heterocycles. The van der Waals surface area contributed by atoms with E-state index in [0.717, 1.165) is 25.1 Å². The van der Waals surface area contributed by atoms with E-state index >= 15 is 0 Å². The molecule has 1 aliphatic rings. The second-order valence-electron chi connectivity index (χ2n) is 4.48. The molecule has 0 bridgehead atoms. The Morgan fingerprint density at radius 3 is 2.37 bits per heavy atom. The maximum Gasteiger partial charge on any atom is 0.573 e. The summed E-state index contributed by atoms with van der Waals surface area (Å²) in [6, 6.07) is 6.16. The van der Waals surface area contributed by atoms with Crippen LogP contribution < -0.4 is 10.5 Å². The summed E-state index contributed by atoms with van der Waals surface area (Å²) in [7, 11) is 0. The van der Waals surface area contributed by atoms with Crippen molar-refractivity contribution in [2.24, 2.45) is 5.73 Å². The number of likely N-dealkylation sites (tertiary alicyclic amines) is 1. The SMILES string of the molecule is Cl.N[C@@H]1CCN(Cc2ccc(OC(F)(F)F)cc2)C1. The second-order valence-corrected chi connectivity index (χ2v) is 4.48. The van der Waals surface area contributed by atoms with Crippen molar-refractivity contribution >= 4 is 12.4 Å². The third kappa shape index (κ3) is 5.26. The summed E-state index contributed by atoms with van der Waals surface area (Å²) in [5.74, 6) is -0.190. The van der Waals surface area contributed by atoms with Crippen LogP contribution in [0.25, 0.3) is 0 Å². The monoisotopic (exact) mass is 296 g/mol. The van der Waals surface area contributed by atoms with Gasteiger partial charge in [-0.2, -0.15) is 0 Å². The number of nitrogens with zero attached hydrogens (tertiary/aromatic N) is 1. The molecule has 1 aromatic carbocycles. The maximum atomic E-state index is 12.0. The highest BCUT2D eigenvalue weighted by Gasteiger charge is 2.31. The second kappa shape index (κ2) is 6.45. The lowest BCUT2D eigenvalue weighted by molar-refractivity contribution is -0.274. The van der Waals surface area contributed by atoms with Gasteiger partial charge in [0.25, 0.3) is 0 Å². The molecule has 1 aromatic rings. The van der Waals surface area contributed by atoms with Gasteiger partial charge in [-0.3, -0.25) is 4.90 Å². The van der Waals surface area contributed by atoms with Crippen molar-refractivity contribution in [3.63, 3.8) is 0 Å². The first-order valence-corrected chi connectivity index (χ1v) is 5.75. The van der Waals surface area contributed by atoms with Gasteiger partial charge in [0.2, 0.25) is 0 Å². The van der Waals surface area contributed by atoms with Gasteiger partial charge in [0.1, 0.15) is 5.75 Å². The van der Waals surface area contributed by atoms with Gasteiger partial charge in [0.15, 0.2) is 0 Å². The van der Waals surface area contributed by atoms with E-state index in [9.17, 15) is 13.2 Å². The lowest BCUT2D eigenvalue weighted by Crippen LogP contribution is -2.26. The smallest absolute Gasteiger partial charge is 0.406 e. The standard InChI is InChI=1S/C12H15F3N2O.ClH/c13-12(14,15)18-11-3-1-9(2-4-11)7-17-6-5-10(16)8-17;/h1-4,10H,5-8,16H2;1H/t10-;/m1./s1. The van der Waals surface area contributed by atoms with Crippen molar-refractivity contribution in [1.29, 1.82) is 0 Å². The molecule has 7 heteroatoms. The summed E-state index contributed by atoms with van der Waals surface area (Å²) in [5, 5.41) is 0. The summed E-state index contributed by atoms with van der Waals surface area (Å²) in [6.45, 7) is 2.47. The number of rotatable bonds is 3. The zero-order valence-electron chi connectivity index (χ0n) is 10.2. The van der Waals surface area contributed by atoms with E-state index in [0.29, 0.717) is 6.54 Å². The Hall–Kier alpha value is -0.980. The van der Waals surface area contributed by atoms with Gasteiger partial charge in [-0.15, -0.1) is 25.6 Å². The minimum absolute atomic E-state index is 0. The Bertz CT molecular complexity index is 397. The third-order valence-corrected chi connectivity index (χ3v) is 2.87. The molecule has 0 aliphatic carbocycles. The summed E-state index contributed by atoms with van der Waals surface area (Å²) in [5.41, 5.74) is 6.74. The molecule has 0 amide bonds. The number of halogens is 4. The predicted molar refractivity (Wildman–Crippen MR) is 68.2 cm³/mol. The van der Waals surface area contributed by atoms with Gasteiger partial charge in [-0.25, -0.2) is 0 Å². The van der Waals surface area contributed by atoms with E-state index in [1.807, 2.05) is 0 Å². The highest BCUT2D eigenvalue weighted by Crippen LogP contribution is 2.23. The molecule has 3 nitrogen and oxygen atoms in total. The maximum absolute atomic E-state index is 12.0. The van der Waals surface area contributed by atoms with E-state index in [1.54, 1.807) is 12.1 Å². The van der Waals surface area contributed by atoms with Crippen LogP contribution in [0.2, 0.25) is 0 Å². The van der Waals surface area contributed by atoms with Crippen molar-refractivity contribution in [1.82, 2.24) is 4.90 Å². The number of benzene rings is 1. The van der Waals surface area contributed by atoms with Gasteiger partial charge in [-0.05, 0) is 24.1 Å². The van der Waals surface area contributed by atoms with Crippen molar-refractivity contribution < 1.29 is 17.9 Å². The van der Waals surface area contributed by atoms with E-state index in [-0.39, 0.29) is 24.2 Å². The summed E-state index contributed by atoms with van der Waals surface area (Å²) in [6.07, 6.45) is -3.67. The molecule has 2 N–H and O–H groups in total. The summed E-state index contributed by atoms with van der Waals surface area (Å²) >= 11 is 0. The number of nitrogens with two attached hydrogens (primary N) is 1. The quantitative estimate of drug-likeness (QED) is 0.931. The van der Waals surface area contributed by atoms with Crippen molar-refractivity contribution in [3.05, 3.63) is 29.8 Å². The molecule has 0 radical (unpaired) electrons. The van der Waals surface area contributed by atoms with Gasteiger partial charge in [-0.1, -0.05) is 12.1 Å². The zero-order valence-corrected chi connectivity index (χ0v) is 11.0. The fourth-order valence-corrected chi connectivity index (χ4v) is 2.06. The van der Waals surface area contributed by atoms with E-state index in [2.05, 4.69) is 9.64 Å². The van der Waals surface area contributed by atoms with E-state index in [1.165, 1.54) is 12.1 Å². The number of alkyl halides is 3. The van der Waals surface area contributed by atoms with Crippen LogP contribution in [-0.4, -0.2) is 30.4 Å². The van der Waals surface area contributed by atoms with Gasteiger partial charge in [0, 0.05) is 25.7 Å². The molecule has 1 atom stereocenters. The van der Waals surface area contributed by atoms with Crippen LogP contribution in [-0.2, 0) is 6.54 Å². The fourth-order valence-electron chi connectivity index (χ4n) is 2.06. The van der Waals surface area contributed by atoms with Crippen LogP contribution in [0.4, 0.5) is 13.2 Å². The predicted octanol–water partition coefficient (Wildman–Crippen LogP) is 2.54. The highest BCUT2D eigenvalue weighted by molar-refractivity contribution is 5.85. The minimum atomic E-state index is -4.64. The number of ether oxygens (including phenoxy) is 1. The lowest BCUT2D eigenvalue weighted by atomic mass is 10.2. The molecule has 1 heterocycles. The van der Waals surface area contributed by atoms with Gasteiger partial charge >= 0.3 is 6.36 Å². The Morgan fingerprint density at radius 2 is 1.89 bits per heavy atom. The molecule has 1 saturated heterocycles. The molecule has 1 fully saturated rings. The third-order valence-electron chi connectivity index (χ3n) is 2.87. The lowest BCUT2D eigenvalue weighted by Gasteiger charge is -2.15. The van der Waals surface area contributed by atoms with Crippen molar-refractivity contribution in [3.8, 4) is 5.75 Å². The number of hydrogen-bond donors (Lipinski definition) is 1. The van der Waals surface area contributed by atoms with Gasteiger partial charge < -0.3 is 10.5 Å². The van der Waals surface area contributed by atoms with E-state index < -0.39 is 6.36 Å². The Labute approximate surface area is 115 Å². The van der Waals surface area contributed by atoms with Gasteiger partial charge in [0.05, 0.1) is 0 Å². The molecule has 2 rings (SSSR count). The minimum Gasteiger partial charge on any atom is -0.406 e. The molecule has 0 unspecified atom stereocenters. The van der Waals surface area contributed by atoms with E-state index in [4.69, 9.17) is 5.73 Å². The average Bonchev–Trinajstić information content (AvgIpc) is 2.65. The van der Waals surface area contributed by atoms with Crippen LogP contribution in [0.5, 0.6) is 5.75 Å². The Kier molecular flexibility index (Phi) is 5.46. The molecule has 0 spiro atoms. The van der Waals surface area contributed by atoms with Crippen LogP contribution in [0, 0.1) is 0 Å². The topological polar surface area (TPSA) is 38.5 Å². The first kappa shape index (κ1) is 16.1. The molecular weight excluding hydrogens is 281 g/mol. The van der Waals surface area contributed by atoms with Crippen LogP contribution >= 0.6 is 12.4 Å².